The van der Waals surface area contributed by atoms with Crippen LogP contribution in [-0.2, 0) is 14.4 Å². The number of amides is 2. The molecule has 1 heterocycles. The molecule has 1 aliphatic heterocycles. The lowest BCUT2D eigenvalue weighted by Gasteiger charge is -2.56. The van der Waals surface area contributed by atoms with Crippen molar-refractivity contribution < 1.29 is 19.5 Å². The average Bonchev–Trinajstić information content (AvgIpc) is 3.07. The molecule has 4 bridgehead atoms. The van der Waals surface area contributed by atoms with Gasteiger partial charge >= 0.3 is 5.97 Å². The fraction of sp³-hybridized carbons (Fsp3) is 0.857. The second-order valence-corrected chi connectivity index (χ2v) is 10.0. The highest BCUT2D eigenvalue weighted by Crippen LogP contribution is 2.60. The Bertz CT molecular complexity index is 609. The normalized spacial score (nSPS) is 38.3. The zero-order valence-electron chi connectivity index (χ0n) is 16.4. The highest BCUT2D eigenvalue weighted by molar-refractivity contribution is 5.91. The number of rotatable bonds is 5. The maximum atomic E-state index is 13.3. The molecule has 150 valence electrons. The van der Waals surface area contributed by atoms with Crippen molar-refractivity contribution in [2.45, 2.75) is 64.8 Å². The summed E-state index contributed by atoms with van der Waals surface area (Å²) in [6.07, 6.45) is 7.28. The first-order chi connectivity index (χ1) is 12.8. The zero-order valence-corrected chi connectivity index (χ0v) is 16.4. The maximum absolute atomic E-state index is 13.3. The van der Waals surface area contributed by atoms with E-state index in [0.29, 0.717) is 30.7 Å². The summed E-state index contributed by atoms with van der Waals surface area (Å²) < 4.78 is 0. The molecule has 0 radical (unpaired) electrons. The van der Waals surface area contributed by atoms with Crippen LogP contribution in [-0.4, -0.2) is 46.9 Å². The van der Waals surface area contributed by atoms with Crippen LogP contribution in [0.25, 0.3) is 0 Å². The van der Waals surface area contributed by atoms with E-state index in [4.69, 9.17) is 0 Å². The number of nitrogens with zero attached hydrogens (tertiary/aromatic N) is 1. The smallest absolute Gasteiger partial charge is 0.308 e. The molecule has 1 saturated heterocycles. The molecule has 6 nitrogen and oxygen atoms in total. The number of nitrogens with one attached hydrogen (secondary N) is 1. The largest absolute Gasteiger partial charge is 0.481 e. The van der Waals surface area contributed by atoms with Crippen molar-refractivity contribution in [3.8, 4) is 0 Å². The van der Waals surface area contributed by atoms with Gasteiger partial charge in [-0.15, -0.1) is 0 Å². The molecular weight excluding hydrogens is 344 g/mol. The van der Waals surface area contributed by atoms with Gasteiger partial charge in [-0.1, -0.05) is 13.8 Å². The lowest BCUT2D eigenvalue weighted by atomic mass is 9.49. The van der Waals surface area contributed by atoms with Crippen LogP contribution in [0.15, 0.2) is 0 Å². The van der Waals surface area contributed by atoms with E-state index in [9.17, 15) is 19.5 Å². The Morgan fingerprint density at radius 2 is 1.59 bits per heavy atom. The number of carbonyl (C=O) groups excluding carboxylic acids is 2. The Balaban J connectivity index is 1.45. The van der Waals surface area contributed by atoms with E-state index in [1.807, 2.05) is 13.8 Å². The summed E-state index contributed by atoms with van der Waals surface area (Å²) in [6.45, 7) is 4.62. The van der Waals surface area contributed by atoms with Crippen molar-refractivity contribution in [2.75, 3.05) is 13.1 Å². The van der Waals surface area contributed by atoms with E-state index in [1.54, 1.807) is 4.90 Å². The Kier molecular flexibility index (Phi) is 4.71. The van der Waals surface area contributed by atoms with Gasteiger partial charge in [0, 0.05) is 18.5 Å². The van der Waals surface area contributed by atoms with Gasteiger partial charge in [-0.2, -0.15) is 0 Å². The molecule has 5 fully saturated rings. The fourth-order valence-corrected chi connectivity index (χ4v) is 6.56. The van der Waals surface area contributed by atoms with Gasteiger partial charge in [0.05, 0.1) is 5.92 Å². The highest BCUT2D eigenvalue weighted by atomic mass is 16.4. The van der Waals surface area contributed by atoms with Gasteiger partial charge < -0.3 is 15.3 Å². The molecule has 2 unspecified atom stereocenters. The van der Waals surface area contributed by atoms with Gasteiger partial charge in [0.15, 0.2) is 0 Å². The van der Waals surface area contributed by atoms with Gasteiger partial charge in [-0.05, 0) is 68.6 Å². The summed E-state index contributed by atoms with van der Waals surface area (Å²) in [7, 11) is 0. The summed E-state index contributed by atoms with van der Waals surface area (Å²) in [4.78, 5) is 39.2. The Hall–Kier alpha value is -1.59. The second-order valence-electron chi connectivity index (χ2n) is 10.0. The topological polar surface area (TPSA) is 86.7 Å². The third-order valence-electron chi connectivity index (χ3n) is 7.59. The van der Waals surface area contributed by atoms with Crippen molar-refractivity contribution in [2.24, 2.45) is 35.0 Å². The van der Waals surface area contributed by atoms with Crippen LogP contribution in [0.1, 0.15) is 58.8 Å². The molecule has 4 aliphatic carbocycles. The van der Waals surface area contributed by atoms with Crippen molar-refractivity contribution in [3.05, 3.63) is 0 Å². The lowest BCUT2D eigenvalue weighted by molar-refractivity contribution is -0.150. The molecule has 0 aromatic carbocycles. The molecule has 4 saturated carbocycles. The van der Waals surface area contributed by atoms with Crippen LogP contribution in [0.5, 0.6) is 0 Å². The molecule has 27 heavy (non-hydrogen) atoms. The second kappa shape index (κ2) is 6.78. The van der Waals surface area contributed by atoms with Crippen LogP contribution in [0, 0.1) is 35.0 Å². The molecule has 5 aliphatic rings. The molecule has 6 heteroatoms. The molecule has 2 atom stereocenters. The van der Waals surface area contributed by atoms with E-state index in [2.05, 4.69) is 5.32 Å². The maximum Gasteiger partial charge on any atom is 0.308 e. The lowest BCUT2D eigenvalue weighted by Crippen LogP contribution is -2.58. The standard InChI is InChI=1S/C21H32N2O4/c1-12(2)17(18(24)23-4-3-16(11-23)19(25)26)22-20(27)21-8-13-5-14(9-21)7-15(6-13)10-21/h12-17H,3-11H2,1-2H3,(H,22,27)(H,25,26). The van der Waals surface area contributed by atoms with Gasteiger partial charge in [0.25, 0.3) is 0 Å². The van der Waals surface area contributed by atoms with Crippen molar-refractivity contribution in [3.63, 3.8) is 0 Å². The number of carboxylic acids is 1. The van der Waals surface area contributed by atoms with E-state index >= 15 is 0 Å². The van der Waals surface area contributed by atoms with Crippen molar-refractivity contribution >= 4 is 17.8 Å². The number of aliphatic carboxylic acids is 1. The number of likely N-dealkylation sites (tertiary alicyclic amines) is 1. The third kappa shape index (κ3) is 3.36. The average molecular weight is 376 g/mol. The Labute approximate surface area is 161 Å². The molecule has 0 aromatic rings. The predicted molar refractivity (Wildman–Crippen MR) is 99.7 cm³/mol. The minimum Gasteiger partial charge on any atom is -0.481 e. The van der Waals surface area contributed by atoms with Crippen LogP contribution in [0.4, 0.5) is 0 Å². The van der Waals surface area contributed by atoms with Gasteiger partial charge in [0.2, 0.25) is 11.8 Å². The first-order valence-corrected chi connectivity index (χ1v) is 10.6. The summed E-state index contributed by atoms with van der Waals surface area (Å²) in [5.74, 6) is 0.665. The SMILES string of the molecule is CC(C)C(NC(=O)C12CC3CC(CC(C3)C1)C2)C(=O)N1CCC(C(=O)O)C1. The van der Waals surface area contributed by atoms with E-state index in [1.165, 1.54) is 19.3 Å². The molecule has 2 N–H and O–H groups in total. The van der Waals surface area contributed by atoms with Gasteiger partial charge in [-0.3, -0.25) is 14.4 Å². The first kappa shape index (κ1) is 18.8. The van der Waals surface area contributed by atoms with Crippen molar-refractivity contribution in [1.29, 1.82) is 0 Å². The van der Waals surface area contributed by atoms with E-state index in [-0.39, 0.29) is 29.7 Å². The summed E-state index contributed by atoms with van der Waals surface area (Å²) >= 11 is 0. The Morgan fingerprint density at radius 3 is 2.04 bits per heavy atom. The number of carbonyl (C=O) groups is 3. The van der Waals surface area contributed by atoms with Crippen LogP contribution in [0.3, 0.4) is 0 Å². The molecule has 2 amide bonds. The fourth-order valence-electron chi connectivity index (χ4n) is 6.56. The van der Waals surface area contributed by atoms with E-state index < -0.39 is 17.9 Å². The molecule has 0 aromatic heterocycles. The van der Waals surface area contributed by atoms with Crippen LogP contribution in [0.2, 0.25) is 0 Å². The third-order valence-corrected chi connectivity index (χ3v) is 7.59. The van der Waals surface area contributed by atoms with Crippen LogP contribution >= 0.6 is 0 Å². The summed E-state index contributed by atoms with van der Waals surface area (Å²) in [5.41, 5.74) is -0.267. The Morgan fingerprint density at radius 1 is 1.04 bits per heavy atom. The van der Waals surface area contributed by atoms with Gasteiger partial charge in [-0.25, -0.2) is 0 Å². The van der Waals surface area contributed by atoms with Crippen LogP contribution < -0.4 is 5.32 Å². The van der Waals surface area contributed by atoms with E-state index in [0.717, 1.165) is 19.3 Å². The quantitative estimate of drug-likeness (QED) is 0.771. The zero-order chi connectivity index (χ0) is 19.3. The minimum absolute atomic E-state index is 0.0146. The monoisotopic (exact) mass is 376 g/mol. The highest BCUT2D eigenvalue weighted by Gasteiger charge is 2.55. The number of carboxylic acid groups (broad SMARTS) is 1. The van der Waals surface area contributed by atoms with Crippen molar-refractivity contribution in [1.82, 2.24) is 10.2 Å². The number of hydrogen-bond acceptors (Lipinski definition) is 3. The summed E-state index contributed by atoms with van der Waals surface area (Å²) in [5, 5.41) is 12.3. The molecule has 0 spiro atoms. The molecule has 5 rings (SSSR count). The first-order valence-electron chi connectivity index (χ1n) is 10.6. The van der Waals surface area contributed by atoms with Gasteiger partial charge in [0.1, 0.15) is 6.04 Å². The molecular formula is C21H32N2O4. The number of hydrogen-bond donors (Lipinski definition) is 2. The summed E-state index contributed by atoms with van der Waals surface area (Å²) in [6, 6.07) is -0.557. The minimum atomic E-state index is -0.844. The predicted octanol–water partition coefficient (Wildman–Crippen LogP) is 2.28.